The van der Waals surface area contributed by atoms with Gasteiger partial charge in [0, 0.05) is 25.7 Å². The summed E-state index contributed by atoms with van der Waals surface area (Å²) in [7, 11) is -1.97. The number of hydrogen-bond donors (Lipinski definition) is 1. The minimum Gasteiger partial charge on any atom is -0.315 e. The molecule has 0 saturated carbocycles. The number of amides is 1. The van der Waals surface area contributed by atoms with Gasteiger partial charge in [-0.05, 0) is 23.8 Å². The van der Waals surface area contributed by atoms with Gasteiger partial charge in [-0.3, -0.25) is 4.79 Å². The van der Waals surface area contributed by atoms with Crippen molar-refractivity contribution in [1.29, 1.82) is 0 Å². The second-order valence-corrected chi connectivity index (χ2v) is 6.04. The van der Waals surface area contributed by atoms with Crippen LogP contribution >= 0.6 is 0 Å². The lowest BCUT2D eigenvalue weighted by Crippen LogP contribution is -2.25. The first-order chi connectivity index (χ1) is 8.95. The Kier molecular flexibility index (Phi) is 3.68. The molecule has 1 aromatic carbocycles. The maximum Gasteiger partial charge on any atom is 0.240 e. The summed E-state index contributed by atoms with van der Waals surface area (Å²) in [6.07, 6.45) is 0.994. The largest absolute Gasteiger partial charge is 0.315 e. The molecule has 0 fully saturated rings. The zero-order chi connectivity index (χ0) is 14.0. The van der Waals surface area contributed by atoms with Crippen molar-refractivity contribution < 1.29 is 18.0 Å². The van der Waals surface area contributed by atoms with Crippen molar-refractivity contribution in [3.63, 3.8) is 0 Å². The minimum atomic E-state index is -3.63. The molecule has 0 radical (unpaired) electrons. The van der Waals surface area contributed by atoms with Gasteiger partial charge in [0.2, 0.25) is 15.9 Å². The molecule has 1 aliphatic rings. The fraction of sp³-hybridized carbons (Fsp3) is 0.333. The van der Waals surface area contributed by atoms with Crippen molar-refractivity contribution in [1.82, 2.24) is 4.72 Å². The predicted molar refractivity (Wildman–Crippen MR) is 69.4 cm³/mol. The number of aldehydes is 1. The molecule has 0 bridgehead atoms. The molecule has 1 aliphatic heterocycles. The molecule has 1 heterocycles. The number of nitrogens with zero attached hydrogens (tertiary/aromatic N) is 1. The third kappa shape index (κ3) is 2.66. The topological polar surface area (TPSA) is 83.6 Å². The lowest BCUT2D eigenvalue weighted by atomic mass is 10.2. The summed E-state index contributed by atoms with van der Waals surface area (Å²) in [6, 6.07) is 4.58. The molecule has 0 unspecified atom stereocenters. The number of carbonyl (C=O) groups excluding carboxylic acids is 2. The second kappa shape index (κ2) is 5.10. The normalized spacial score (nSPS) is 14.6. The van der Waals surface area contributed by atoms with E-state index in [-0.39, 0.29) is 30.2 Å². The third-order valence-electron chi connectivity index (χ3n) is 2.99. The first-order valence-electron chi connectivity index (χ1n) is 5.78. The van der Waals surface area contributed by atoms with Crippen LogP contribution in [0.3, 0.4) is 0 Å². The van der Waals surface area contributed by atoms with E-state index in [0.717, 1.165) is 5.69 Å². The molecule has 0 saturated heterocycles. The maximum atomic E-state index is 11.9. The maximum absolute atomic E-state index is 11.9. The van der Waals surface area contributed by atoms with Crippen LogP contribution in [0.5, 0.6) is 0 Å². The van der Waals surface area contributed by atoms with Crippen LogP contribution in [0.2, 0.25) is 0 Å². The third-order valence-corrected chi connectivity index (χ3v) is 4.45. The van der Waals surface area contributed by atoms with Gasteiger partial charge in [-0.1, -0.05) is 0 Å². The SMILES string of the molecule is CN1C(=O)Cc2cc(S(=O)(=O)NCCC=O)ccc21. The second-order valence-electron chi connectivity index (χ2n) is 4.27. The van der Waals surface area contributed by atoms with E-state index in [1.165, 1.54) is 17.0 Å². The molecule has 1 aromatic rings. The zero-order valence-electron chi connectivity index (χ0n) is 10.4. The van der Waals surface area contributed by atoms with Gasteiger partial charge in [0.05, 0.1) is 11.3 Å². The van der Waals surface area contributed by atoms with Crippen LogP contribution in [0.25, 0.3) is 0 Å². The Hall–Kier alpha value is -1.73. The summed E-state index contributed by atoms with van der Waals surface area (Å²) >= 11 is 0. The number of benzene rings is 1. The highest BCUT2D eigenvalue weighted by atomic mass is 32.2. The van der Waals surface area contributed by atoms with Gasteiger partial charge >= 0.3 is 0 Å². The highest BCUT2D eigenvalue weighted by Gasteiger charge is 2.25. The Morgan fingerprint density at radius 2 is 2.16 bits per heavy atom. The summed E-state index contributed by atoms with van der Waals surface area (Å²) in [6.45, 7) is 0.0712. The average Bonchev–Trinajstić information content (AvgIpc) is 2.65. The molecular weight excluding hydrogens is 268 g/mol. The van der Waals surface area contributed by atoms with Gasteiger partial charge in [0.1, 0.15) is 6.29 Å². The van der Waals surface area contributed by atoms with E-state index in [9.17, 15) is 18.0 Å². The fourth-order valence-electron chi connectivity index (χ4n) is 1.95. The number of hydrogen-bond acceptors (Lipinski definition) is 4. The first-order valence-corrected chi connectivity index (χ1v) is 7.27. The van der Waals surface area contributed by atoms with Crippen molar-refractivity contribution in [3.05, 3.63) is 23.8 Å². The molecule has 6 nitrogen and oxygen atoms in total. The van der Waals surface area contributed by atoms with Crippen molar-refractivity contribution >= 4 is 27.9 Å². The van der Waals surface area contributed by atoms with E-state index in [1.807, 2.05) is 0 Å². The average molecular weight is 282 g/mol. The molecule has 0 aromatic heterocycles. The fourth-order valence-corrected chi connectivity index (χ4v) is 3.05. The first kappa shape index (κ1) is 13.7. The standard InChI is InChI=1S/C12H14N2O4S/c1-14-11-4-3-10(7-9(11)8-12(14)16)19(17,18)13-5-2-6-15/h3-4,6-7,13H,2,5,8H2,1H3. The quantitative estimate of drug-likeness (QED) is 0.612. The monoisotopic (exact) mass is 282 g/mol. The molecule has 1 amide bonds. The highest BCUT2D eigenvalue weighted by molar-refractivity contribution is 7.89. The van der Waals surface area contributed by atoms with Crippen molar-refractivity contribution in [2.24, 2.45) is 0 Å². The summed E-state index contributed by atoms with van der Waals surface area (Å²) in [4.78, 5) is 23.3. The van der Waals surface area contributed by atoms with Crippen LogP contribution in [0.4, 0.5) is 5.69 Å². The van der Waals surface area contributed by atoms with Crippen LogP contribution in [0, 0.1) is 0 Å². The number of likely N-dealkylation sites (N-methyl/N-ethyl adjacent to an activating group) is 1. The predicted octanol–water partition coefficient (Wildman–Crippen LogP) is 0.0728. The molecule has 19 heavy (non-hydrogen) atoms. The summed E-state index contributed by atoms with van der Waals surface area (Å²) in [5.74, 6) is -0.0570. The molecule has 7 heteroatoms. The van der Waals surface area contributed by atoms with E-state index in [0.29, 0.717) is 11.8 Å². The number of nitrogens with one attached hydrogen (secondary N) is 1. The summed E-state index contributed by atoms with van der Waals surface area (Å²) < 4.78 is 26.2. The zero-order valence-corrected chi connectivity index (χ0v) is 11.2. The van der Waals surface area contributed by atoms with E-state index in [4.69, 9.17) is 0 Å². The molecule has 0 spiro atoms. The van der Waals surface area contributed by atoms with Crippen LogP contribution < -0.4 is 9.62 Å². The summed E-state index contributed by atoms with van der Waals surface area (Å²) in [5, 5.41) is 0. The Morgan fingerprint density at radius 3 is 2.84 bits per heavy atom. The molecule has 102 valence electrons. The molecule has 0 aliphatic carbocycles. The number of carbonyl (C=O) groups is 2. The number of fused-ring (bicyclic) bond motifs is 1. The van der Waals surface area contributed by atoms with Gasteiger partial charge in [-0.2, -0.15) is 0 Å². The van der Waals surface area contributed by atoms with Gasteiger partial charge in [-0.25, -0.2) is 13.1 Å². The molecular formula is C12H14N2O4S. The van der Waals surface area contributed by atoms with Gasteiger partial charge in [0.25, 0.3) is 0 Å². The number of anilines is 1. The van der Waals surface area contributed by atoms with Gasteiger partial charge in [0.15, 0.2) is 0 Å². The van der Waals surface area contributed by atoms with Gasteiger partial charge < -0.3 is 9.69 Å². The molecule has 1 N–H and O–H groups in total. The summed E-state index contributed by atoms with van der Waals surface area (Å²) in [5.41, 5.74) is 1.43. The van der Waals surface area contributed by atoms with Crippen LogP contribution in [0.15, 0.2) is 23.1 Å². The Morgan fingerprint density at radius 1 is 1.42 bits per heavy atom. The van der Waals surface area contributed by atoms with Crippen molar-refractivity contribution in [3.8, 4) is 0 Å². The van der Waals surface area contributed by atoms with Crippen molar-refractivity contribution in [2.45, 2.75) is 17.7 Å². The van der Waals surface area contributed by atoms with Gasteiger partial charge in [-0.15, -0.1) is 0 Å². The smallest absolute Gasteiger partial charge is 0.240 e. The van der Waals surface area contributed by atoms with Crippen LogP contribution in [0.1, 0.15) is 12.0 Å². The Bertz CT molecular complexity index is 625. The van der Waals surface area contributed by atoms with E-state index < -0.39 is 10.0 Å². The van der Waals surface area contributed by atoms with E-state index >= 15 is 0 Å². The highest BCUT2D eigenvalue weighted by Crippen LogP contribution is 2.29. The van der Waals surface area contributed by atoms with E-state index in [1.54, 1.807) is 13.1 Å². The minimum absolute atomic E-state index is 0.0570. The van der Waals surface area contributed by atoms with E-state index in [2.05, 4.69) is 4.72 Å². The Balaban J connectivity index is 2.26. The van der Waals surface area contributed by atoms with Crippen molar-refractivity contribution in [2.75, 3.05) is 18.5 Å². The Labute approximate surface area is 111 Å². The number of sulfonamides is 1. The van der Waals surface area contributed by atoms with Crippen LogP contribution in [-0.4, -0.2) is 34.2 Å². The lowest BCUT2D eigenvalue weighted by Gasteiger charge is -2.11. The molecule has 0 atom stereocenters. The molecule has 2 rings (SSSR count). The lowest BCUT2D eigenvalue weighted by molar-refractivity contribution is -0.117. The number of rotatable bonds is 5. The van der Waals surface area contributed by atoms with Crippen LogP contribution in [-0.2, 0) is 26.0 Å².